The van der Waals surface area contributed by atoms with Gasteiger partial charge in [0.05, 0.1) is 19.6 Å². The van der Waals surface area contributed by atoms with E-state index in [-0.39, 0.29) is 16.9 Å². The van der Waals surface area contributed by atoms with Gasteiger partial charge in [-0.3, -0.25) is 9.59 Å². The molecule has 0 aliphatic heterocycles. The van der Waals surface area contributed by atoms with Crippen LogP contribution in [-0.2, 0) is 4.79 Å². The van der Waals surface area contributed by atoms with Crippen molar-refractivity contribution in [1.29, 1.82) is 0 Å². The predicted molar refractivity (Wildman–Crippen MR) is 141 cm³/mol. The van der Waals surface area contributed by atoms with E-state index in [2.05, 4.69) is 5.32 Å². The second-order valence-corrected chi connectivity index (χ2v) is 8.80. The molecular formula is C28H26ClNO6. The van der Waals surface area contributed by atoms with Crippen LogP contribution >= 0.6 is 11.6 Å². The van der Waals surface area contributed by atoms with Crippen LogP contribution in [0.3, 0.4) is 0 Å². The zero-order chi connectivity index (χ0) is 26.0. The molecule has 3 aromatic carbocycles. The second-order valence-electron chi connectivity index (χ2n) is 8.39. The molecule has 4 aromatic rings. The van der Waals surface area contributed by atoms with E-state index < -0.39 is 12.5 Å². The molecule has 0 unspecified atom stereocenters. The first kappa shape index (κ1) is 25.1. The van der Waals surface area contributed by atoms with Crippen molar-refractivity contribution in [1.82, 2.24) is 0 Å². The van der Waals surface area contributed by atoms with Crippen LogP contribution in [-0.4, -0.2) is 26.7 Å². The molecular weight excluding hydrogens is 482 g/mol. The highest BCUT2D eigenvalue weighted by Gasteiger charge is 2.21. The molecule has 4 rings (SSSR count). The number of rotatable bonds is 7. The first-order valence-corrected chi connectivity index (χ1v) is 11.6. The molecule has 36 heavy (non-hydrogen) atoms. The molecule has 0 aliphatic carbocycles. The molecule has 0 aliphatic rings. The third-order valence-corrected chi connectivity index (χ3v) is 6.32. The number of halogens is 1. The number of ether oxygens (including phenoxy) is 3. The molecule has 7 nitrogen and oxygen atoms in total. The second kappa shape index (κ2) is 10.3. The fourth-order valence-electron chi connectivity index (χ4n) is 3.74. The smallest absolute Gasteiger partial charge is 0.262 e. The molecule has 0 radical (unpaired) electrons. The summed E-state index contributed by atoms with van der Waals surface area (Å²) in [6.07, 6.45) is 0. The Labute approximate surface area is 213 Å². The Balaban J connectivity index is 1.75. The zero-order valence-corrected chi connectivity index (χ0v) is 21.4. The fraction of sp³-hybridized carbons (Fsp3) is 0.214. The first-order chi connectivity index (χ1) is 17.2. The zero-order valence-electron chi connectivity index (χ0n) is 20.7. The summed E-state index contributed by atoms with van der Waals surface area (Å²) in [6.45, 7) is 5.32. The number of hydrogen-bond donors (Lipinski definition) is 1. The van der Waals surface area contributed by atoms with Crippen molar-refractivity contribution in [3.05, 3.63) is 80.5 Å². The number of aryl methyl sites for hydroxylation is 3. The highest BCUT2D eigenvalue weighted by molar-refractivity contribution is 6.31. The SMILES string of the molecule is COc1ccc(-c2oc3cc(C)c(C)cc3c(=O)c2OCC(=O)Nc2ccc(C)c(Cl)c2)cc1OC. The minimum Gasteiger partial charge on any atom is -0.493 e. The number of hydrogen-bond acceptors (Lipinski definition) is 6. The molecule has 0 spiro atoms. The van der Waals surface area contributed by atoms with Gasteiger partial charge < -0.3 is 23.9 Å². The number of benzene rings is 3. The monoisotopic (exact) mass is 507 g/mol. The van der Waals surface area contributed by atoms with Crippen LogP contribution in [0.1, 0.15) is 16.7 Å². The van der Waals surface area contributed by atoms with Crippen LogP contribution < -0.4 is 25.0 Å². The lowest BCUT2D eigenvalue weighted by Crippen LogP contribution is -2.22. The lowest BCUT2D eigenvalue weighted by atomic mass is 10.0. The average molecular weight is 508 g/mol. The molecule has 8 heteroatoms. The number of anilines is 1. The van der Waals surface area contributed by atoms with Crippen LogP contribution in [0, 0.1) is 20.8 Å². The van der Waals surface area contributed by atoms with Crippen molar-refractivity contribution in [2.75, 3.05) is 26.1 Å². The number of carbonyl (C=O) groups excluding carboxylic acids is 1. The maximum absolute atomic E-state index is 13.5. The van der Waals surface area contributed by atoms with Crippen molar-refractivity contribution < 1.29 is 23.4 Å². The summed E-state index contributed by atoms with van der Waals surface area (Å²) < 4.78 is 22.7. The van der Waals surface area contributed by atoms with Gasteiger partial charge in [0.2, 0.25) is 11.2 Å². The average Bonchev–Trinajstić information content (AvgIpc) is 2.86. The normalized spacial score (nSPS) is 10.8. The minimum atomic E-state index is -0.451. The van der Waals surface area contributed by atoms with E-state index in [1.54, 1.807) is 42.5 Å². The first-order valence-electron chi connectivity index (χ1n) is 11.2. The quantitative estimate of drug-likeness (QED) is 0.326. The van der Waals surface area contributed by atoms with Crippen molar-refractivity contribution in [2.24, 2.45) is 0 Å². The van der Waals surface area contributed by atoms with E-state index in [1.165, 1.54) is 14.2 Å². The summed E-state index contributed by atoms with van der Waals surface area (Å²) in [7, 11) is 3.05. The molecule has 1 amide bonds. The molecule has 1 N–H and O–H groups in total. The third-order valence-electron chi connectivity index (χ3n) is 5.91. The van der Waals surface area contributed by atoms with Crippen molar-refractivity contribution in [2.45, 2.75) is 20.8 Å². The van der Waals surface area contributed by atoms with Gasteiger partial charge in [-0.2, -0.15) is 0 Å². The Morgan fingerprint density at radius 1 is 0.917 bits per heavy atom. The summed E-state index contributed by atoms with van der Waals surface area (Å²) in [5.74, 6) is 0.637. The van der Waals surface area contributed by atoms with Gasteiger partial charge in [-0.1, -0.05) is 17.7 Å². The van der Waals surface area contributed by atoms with Crippen LogP contribution in [0.25, 0.3) is 22.3 Å². The highest BCUT2D eigenvalue weighted by Crippen LogP contribution is 2.37. The minimum absolute atomic E-state index is 0.0740. The molecule has 1 heterocycles. The standard InChI is InChI=1S/C28H26ClNO6/c1-15-6-8-19(13-21(15)29)30-25(31)14-35-28-26(32)20-10-16(2)17(3)11-23(20)36-27(28)18-7-9-22(33-4)24(12-18)34-5/h6-13H,14H2,1-5H3,(H,30,31). The van der Waals surface area contributed by atoms with Crippen LogP contribution in [0.4, 0.5) is 5.69 Å². The topological polar surface area (TPSA) is 87.0 Å². The predicted octanol–water partition coefficient (Wildman–Crippen LogP) is 6.07. The van der Waals surface area contributed by atoms with Gasteiger partial charge in [0.1, 0.15) is 5.58 Å². The Bertz CT molecular complexity index is 1530. The Morgan fingerprint density at radius 3 is 2.33 bits per heavy atom. The van der Waals surface area contributed by atoms with Gasteiger partial charge in [-0.15, -0.1) is 0 Å². The number of carbonyl (C=O) groups is 1. The summed E-state index contributed by atoms with van der Waals surface area (Å²) in [4.78, 5) is 26.2. The van der Waals surface area contributed by atoms with Gasteiger partial charge in [0.15, 0.2) is 23.9 Å². The Hall–Kier alpha value is -3.97. The van der Waals surface area contributed by atoms with Crippen molar-refractivity contribution >= 4 is 34.2 Å². The van der Waals surface area contributed by atoms with E-state index in [1.807, 2.05) is 26.8 Å². The van der Waals surface area contributed by atoms with Gasteiger partial charge in [0.25, 0.3) is 5.91 Å². The van der Waals surface area contributed by atoms with Gasteiger partial charge in [0, 0.05) is 16.3 Å². The number of methoxy groups -OCH3 is 2. The van der Waals surface area contributed by atoms with Crippen molar-refractivity contribution in [3.63, 3.8) is 0 Å². The molecule has 0 saturated carbocycles. The molecule has 0 bridgehead atoms. The molecule has 0 fully saturated rings. The largest absolute Gasteiger partial charge is 0.493 e. The summed E-state index contributed by atoms with van der Waals surface area (Å²) >= 11 is 6.15. The van der Waals surface area contributed by atoms with Crippen LogP contribution in [0.5, 0.6) is 17.2 Å². The van der Waals surface area contributed by atoms with E-state index >= 15 is 0 Å². The van der Waals surface area contributed by atoms with Gasteiger partial charge in [-0.25, -0.2) is 0 Å². The van der Waals surface area contributed by atoms with E-state index in [0.717, 1.165) is 16.7 Å². The fourth-order valence-corrected chi connectivity index (χ4v) is 3.92. The van der Waals surface area contributed by atoms with E-state index in [4.69, 9.17) is 30.2 Å². The van der Waals surface area contributed by atoms with Gasteiger partial charge in [-0.05, 0) is 79.9 Å². The van der Waals surface area contributed by atoms with E-state index in [0.29, 0.717) is 38.7 Å². The summed E-state index contributed by atoms with van der Waals surface area (Å²) in [5, 5.41) is 3.63. The summed E-state index contributed by atoms with van der Waals surface area (Å²) in [5.41, 5.74) is 3.91. The maximum atomic E-state index is 13.5. The van der Waals surface area contributed by atoms with Gasteiger partial charge >= 0.3 is 0 Å². The maximum Gasteiger partial charge on any atom is 0.262 e. The summed E-state index contributed by atoms with van der Waals surface area (Å²) in [6, 6.07) is 13.9. The van der Waals surface area contributed by atoms with Crippen LogP contribution in [0.2, 0.25) is 5.02 Å². The van der Waals surface area contributed by atoms with E-state index in [9.17, 15) is 9.59 Å². The Morgan fingerprint density at radius 2 is 1.64 bits per heavy atom. The highest BCUT2D eigenvalue weighted by atomic mass is 35.5. The van der Waals surface area contributed by atoms with Crippen LogP contribution in [0.15, 0.2) is 57.7 Å². The molecule has 0 atom stereocenters. The number of nitrogens with one attached hydrogen (secondary N) is 1. The lowest BCUT2D eigenvalue weighted by molar-refractivity contribution is -0.118. The Kier molecular flexibility index (Phi) is 7.22. The third kappa shape index (κ3) is 5.02. The number of fused-ring (bicyclic) bond motifs is 1. The molecule has 1 aromatic heterocycles. The molecule has 0 saturated heterocycles. The van der Waals surface area contributed by atoms with Crippen molar-refractivity contribution in [3.8, 4) is 28.6 Å². The number of amides is 1. The lowest BCUT2D eigenvalue weighted by Gasteiger charge is -2.14. The molecule has 186 valence electrons.